The molecule has 4 nitrogen and oxygen atoms in total. The standard InChI is InChI=1S/C25H33N3O/c1-3-20-7-5-8-21(15-20)12-14-27-13-6-9-23(18-27)19-28(4-2)25(29)24-11-10-22(16-24)17-26/h5,7-8,10,15-16,23H,3-4,6,9,11-14,18-19H2,1-2H3. The zero-order valence-electron chi connectivity index (χ0n) is 17.9. The van der Waals surface area contributed by atoms with Gasteiger partial charge >= 0.3 is 0 Å². The molecule has 0 saturated carbocycles. The summed E-state index contributed by atoms with van der Waals surface area (Å²) in [6, 6.07) is 11.1. The lowest BCUT2D eigenvalue weighted by Crippen LogP contribution is -2.43. The summed E-state index contributed by atoms with van der Waals surface area (Å²) in [6.07, 6.45) is 8.75. The van der Waals surface area contributed by atoms with Crippen molar-refractivity contribution in [2.45, 2.75) is 46.0 Å². The van der Waals surface area contributed by atoms with E-state index in [0.29, 0.717) is 17.9 Å². The molecule has 1 unspecified atom stereocenters. The third-order valence-electron chi connectivity index (χ3n) is 6.14. The molecule has 154 valence electrons. The molecular weight excluding hydrogens is 358 g/mol. The second-order valence-electron chi connectivity index (χ2n) is 8.22. The van der Waals surface area contributed by atoms with Crippen LogP contribution in [0.5, 0.6) is 0 Å². The van der Waals surface area contributed by atoms with Gasteiger partial charge in [0.2, 0.25) is 5.91 Å². The van der Waals surface area contributed by atoms with E-state index >= 15 is 0 Å². The molecule has 1 aromatic rings. The van der Waals surface area contributed by atoms with E-state index in [-0.39, 0.29) is 5.91 Å². The van der Waals surface area contributed by atoms with Gasteiger partial charge in [0.25, 0.3) is 0 Å². The van der Waals surface area contributed by atoms with Crippen LogP contribution in [0.1, 0.15) is 44.2 Å². The number of hydrogen-bond donors (Lipinski definition) is 0. The predicted octanol–water partition coefficient (Wildman–Crippen LogP) is 4.13. The molecule has 0 spiro atoms. The van der Waals surface area contributed by atoms with Crippen molar-refractivity contribution in [3.05, 3.63) is 58.7 Å². The van der Waals surface area contributed by atoms with Crippen LogP contribution >= 0.6 is 0 Å². The molecule has 3 rings (SSSR count). The molecule has 1 atom stereocenters. The van der Waals surface area contributed by atoms with Crippen molar-refractivity contribution in [3.8, 4) is 6.07 Å². The number of nitrogens with zero attached hydrogens (tertiary/aromatic N) is 3. The average Bonchev–Trinajstić information content (AvgIpc) is 3.25. The van der Waals surface area contributed by atoms with Crippen molar-refractivity contribution < 1.29 is 4.79 Å². The fourth-order valence-electron chi connectivity index (χ4n) is 4.42. The van der Waals surface area contributed by atoms with Crippen LogP contribution in [0, 0.1) is 17.2 Å². The molecule has 1 aromatic carbocycles. The Morgan fingerprint density at radius 1 is 1.31 bits per heavy atom. The van der Waals surface area contributed by atoms with Crippen LogP contribution in [0.4, 0.5) is 0 Å². The van der Waals surface area contributed by atoms with Crippen LogP contribution in [0.2, 0.25) is 0 Å². The Hall–Kier alpha value is -2.38. The molecule has 0 N–H and O–H groups in total. The number of allylic oxidation sites excluding steroid dienone is 3. The fraction of sp³-hybridized carbons (Fsp3) is 0.520. The maximum absolute atomic E-state index is 12.9. The number of piperidine rings is 1. The fourth-order valence-corrected chi connectivity index (χ4v) is 4.42. The summed E-state index contributed by atoms with van der Waals surface area (Å²) in [5.74, 6) is 0.627. The van der Waals surface area contributed by atoms with Gasteiger partial charge in [-0.25, -0.2) is 0 Å². The van der Waals surface area contributed by atoms with Gasteiger partial charge < -0.3 is 9.80 Å². The highest BCUT2D eigenvalue weighted by Gasteiger charge is 2.25. The molecule has 0 bridgehead atoms. The van der Waals surface area contributed by atoms with Gasteiger partial charge in [-0.1, -0.05) is 37.3 Å². The van der Waals surface area contributed by atoms with Crippen molar-refractivity contribution >= 4 is 5.91 Å². The van der Waals surface area contributed by atoms with E-state index in [2.05, 4.69) is 42.2 Å². The molecule has 1 heterocycles. The summed E-state index contributed by atoms with van der Waals surface area (Å²) in [5.41, 5.74) is 4.20. The van der Waals surface area contributed by atoms with Crippen molar-refractivity contribution in [2.75, 3.05) is 32.7 Å². The first kappa shape index (κ1) is 21.3. The van der Waals surface area contributed by atoms with Gasteiger partial charge in [0.1, 0.15) is 0 Å². The van der Waals surface area contributed by atoms with Gasteiger partial charge in [0.15, 0.2) is 0 Å². The van der Waals surface area contributed by atoms with E-state index in [9.17, 15) is 4.79 Å². The van der Waals surface area contributed by atoms with Crippen LogP contribution in [0.3, 0.4) is 0 Å². The van der Waals surface area contributed by atoms with Crippen LogP contribution in [-0.2, 0) is 17.6 Å². The van der Waals surface area contributed by atoms with E-state index in [1.165, 1.54) is 24.0 Å². The number of nitriles is 1. The Morgan fingerprint density at radius 2 is 2.14 bits per heavy atom. The maximum atomic E-state index is 12.9. The van der Waals surface area contributed by atoms with E-state index < -0.39 is 0 Å². The number of benzene rings is 1. The minimum atomic E-state index is 0.0995. The number of carbonyl (C=O) groups excluding carboxylic acids is 1. The zero-order chi connectivity index (χ0) is 20.6. The number of aryl methyl sites for hydroxylation is 1. The lowest BCUT2D eigenvalue weighted by atomic mass is 9.96. The van der Waals surface area contributed by atoms with Crippen LogP contribution < -0.4 is 0 Å². The highest BCUT2D eigenvalue weighted by molar-refractivity contribution is 5.95. The van der Waals surface area contributed by atoms with Gasteiger partial charge in [-0.05, 0) is 68.7 Å². The lowest BCUT2D eigenvalue weighted by Gasteiger charge is -2.35. The Morgan fingerprint density at radius 3 is 2.86 bits per heavy atom. The third kappa shape index (κ3) is 5.81. The summed E-state index contributed by atoms with van der Waals surface area (Å²) in [4.78, 5) is 17.4. The van der Waals surface area contributed by atoms with Gasteiger partial charge in [0, 0.05) is 37.3 Å². The van der Waals surface area contributed by atoms with E-state index in [1.54, 1.807) is 6.08 Å². The Balaban J connectivity index is 1.51. The quantitative estimate of drug-likeness (QED) is 0.669. The summed E-state index contributed by atoms with van der Waals surface area (Å²) in [7, 11) is 0. The minimum Gasteiger partial charge on any atom is -0.339 e. The van der Waals surface area contributed by atoms with E-state index in [1.807, 2.05) is 17.9 Å². The molecule has 1 aliphatic carbocycles. The highest BCUT2D eigenvalue weighted by atomic mass is 16.2. The molecule has 2 aliphatic rings. The Bertz CT molecular complexity index is 818. The van der Waals surface area contributed by atoms with Gasteiger partial charge in [0.05, 0.1) is 6.07 Å². The summed E-state index contributed by atoms with van der Waals surface area (Å²) < 4.78 is 0. The minimum absolute atomic E-state index is 0.0995. The molecule has 1 aliphatic heterocycles. The monoisotopic (exact) mass is 391 g/mol. The van der Waals surface area contributed by atoms with Gasteiger partial charge in [-0.2, -0.15) is 5.26 Å². The number of rotatable bonds is 8. The summed E-state index contributed by atoms with van der Waals surface area (Å²) in [5, 5.41) is 9.02. The van der Waals surface area contributed by atoms with Gasteiger partial charge in [-0.3, -0.25) is 4.79 Å². The van der Waals surface area contributed by atoms with E-state index in [4.69, 9.17) is 5.26 Å². The summed E-state index contributed by atoms with van der Waals surface area (Å²) in [6.45, 7) is 9.10. The third-order valence-corrected chi connectivity index (χ3v) is 6.14. The SMILES string of the molecule is CCc1cccc(CCN2CCCC(CN(CC)C(=O)C3=CC(C#N)=CC3)C2)c1. The second kappa shape index (κ2) is 10.4. The number of likely N-dealkylation sites (tertiary alicyclic amines) is 1. The summed E-state index contributed by atoms with van der Waals surface area (Å²) >= 11 is 0. The predicted molar refractivity (Wildman–Crippen MR) is 117 cm³/mol. The molecule has 4 heteroatoms. The molecular formula is C25H33N3O. The molecule has 1 fully saturated rings. The Labute approximate surface area is 175 Å². The number of carbonyl (C=O) groups is 1. The first-order chi connectivity index (χ1) is 14.1. The highest BCUT2D eigenvalue weighted by Crippen LogP contribution is 2.22. The zero-order valence-corrected chi connectivity index (χ0v) is 17.9. The maximum Gasteiger partial charge on any atom is 0.250 e. The van der Waals surface area contributed by atoms with Crippen LogP contribution in [0.15, 0.2) is 47.6 Å². The molecule has 1 saturated heterocycles. The van der Waals surface area contributed by atoms with Crippen LogP contribution in [0.25, 0.3) is 0 Å². The number of hydrogen-bond acceptors (Lipinski definition) is 3. The molecule has 29 heavy (non-hydrogen) atoms. The molecule has 0 aromatic heterocycles. The van der Waals surface area contributed by atoms with Crippen molar-refractivity contribution in [1.29, 1.82) is 5.26 Å². The molecule has 1 amide bonds. The number of amides is 1. The average molecular weight is 392 g/mol. The van der Waals surface area contributed by atoms with E-state index in [0.717, 1.165) is 51.1 Å². The first-order valence-electron chi connectivity index (χ1n) is 11.0. The van der Waals surface area contributed by atoms with Crippen molar-refractivity contribution in [2.24, 2.45) is 5.92 Å². The Kier molecular flexibility index (Phi) is 7.66. The second-order valence-corrected chi connectivity index (χ2v) is 8.22. The lowest BCUT2D eigenvalue weighted by molar-refractivity contribution is -0.127. The largest absolute Gasteiger partial charge is 0.339 e. The van der Waals surface area contributed by atoms with Gasteiger partial charge in [-0.15, -0.1) is 0 Å². The first-order valence-corrected chi connectivity index (χ1v) is 11.0. The van der Waals surface area contributed by atoms with Crippen molar-refractivity contribution in [1.82, 2.24) is 9.80 Å². The number of likely N-dealkylation sites (N-methyl/N-ethyl adjacent to an activating group) is 1. The van der Waals surface area contributed by atoms with Crippen LogP contribution in [-0.4, -0.2) is 48.4 Å². The topological polar surface area (TPSA) is 47.3 Å². The normalized spacial score (nSPS) is 19.4. The smallest absolute Gasteiger partial charge is 0.250 e. The van der Waals surface area contributed by atoms with Crippen molar-refractivity contribution in [3.63, 3.8) is 0 Å². The molecule has 0 radical (unpaired) electrons.